The second kappa shape index (κ2) is 4.94. The molecule has 4 heteroatoms. The van der Waals surface area contributed by atoms with Gasteiger partial charge in [-0.15, -0.1) is 0 Å². The summed E-state index contributed by atoms with van der Waals surface area (Å²) in [6.45, 7) is 0.987. The van der Waals surface area contributed by atoms with Gasteiger partial charge in [-0.25, -0.2) is 0 Å². The van der Waals surface area contributed by atoms with E-state index in [0.717, 1.165) is 24.5 Å². The van der Waals surface area contributed by atoms with Gasteiger partial charge in [0.15, 0.2) is 11.5 Å². The van der Waals surface area contributed by atoms with Gasteiger partial charge in [-0.2, -0.15) is 0 Å². The maximum absolute atomic E-state index is 5.53. The van der Waals surface area contributed by atoms with Crippen LogP contribution >= 0.6 is 0 Å². The van der Waals surface area contributed by atoms with Gasteiger partial charge in [-0.3, -0.25) is 4.90 Å². The highest BCUT2D eigenvalue weighted by Gasteiger charge is 2.26. The monoisotopic (exact) mass is 237 g/mol. The average molecular weight is 237 g/mol. The summed E-state index contributed by atoms with van der Waals surface area (Å²) in [5.74, 6) is 1.54. The standard InChI is InChI=1S/C13H19NO3/c1-14-6-5-9-7-11(15-2)12(16-3)8-10(9)13(14)17-4/h7-8,13H,5-6H2,1-4H3. The van der Waals surface area contributed by atoms with E-state index in [4.69, 9.17) is 14.2 Å². The fourth-order valence-electron chi connectivity index (χ4n) is 2.34. The van der Waals surface area contributed by atoms with Crippen molar-refractivity contribution in [1.29, 1.82) is 0 Å². The van der Waals surface area contributed by atoms with Crippen molar-refractivity contribution in [3.05, 3.63) is 23.3 Å². The largest absolute Gasteiger partial charge is 0.493 e. The molecule has 1 aromatic carbocycles. The summed E-state index contributed by atoms with van der Waals surface area (Å²) in [7, 11) is 7.10. The Hall–Kier alpha value is -1.26. The van der Waals surface area contributed by atoms with E-state index >= 15 is 0 Å². The van der Waals surface area contributed by atoms with E-state index in [-0.39, 0.29) is 6.23 Å². The molecule has 0 saturated carbocycles. The van der Waals surface area contributed by atoms with Gasteiger partial charge in [0.25, 0.3) is 0 Å². The molecule has 0 spiro atoms. The molecule has 0 aliphatic carbocycles. The van der Waals surface area contributed by atoms with Gasteiger partial charge in [-0.1, -0.05) is 0 Å². The maximum Gasteiger partial charge on any atom is 0.161 e. The lowest BCUT2D eigenvalue weighted by Crippen LogP contribution is -2.33. The van der Waals surface area contributed by atoms with Gasteiger partial charge >= 0.3 is 0 Å². The van der Waals surface area contributed by atoms with Crippen LogP contribution in [-0.2, 0) is 11.2 Å². The zero-order chi connectivity index (χ0) is 12.4. The van der Waals surface area contributed by atoms with E-state index < -0.39 is 0 Å². The van der Waals surface area contributed by atoms with Crippen LogP contribution in [-0.4, -0.2) is 39.8 Å². The summed E-state index contributed by atoms with van der Waals surface area (Å²) in [6, 6.07) is 4.06. The van der Waals surface area contributed by atoms with Gasteiger partial charge in [-0.05, 0) is 31.2 Å². The first-order valence-corrected chi connectivity index (χ1v) is 5.69. The SMILES string of the molecule is COc1cc2c(cc1OC)C(OC)N(C)CC2. The fraction of sp³-hybridized carbons (Fsp3) is 0.538. The van der Waals surface area contributed by atoms with Gasteiger partial charge in [0.2, 0.25) is 0 Å². The Kier molecular flexibility index (Phi) is 3.54. The molecule has 0 bridgehead atoms. The molecular formula is C13H19NO3. The number of methoxy groups -OCH3 is 3. The third kappa shape index (κ3) is 2.10. The molecule has 1 aromatic rings. The average Bonchev–Trinajstić information content (AvgIpc) is 2.37. The Morgan fingerprint density at radius 2 is 1.76 bits per heavy atom. The number of rotatable bonds is 3. The predicted octanol–water partition coefficient (Wildman–Crippen LogP) is 1.84. The molecule has 94 valence electrons. The molecule has 4 nitrogen and oxygen atoms in total. The molecule has 0 amide bonds. The second-order valence-electron chi connectivity index (χ2n) is 4.22. The van der Waals surface area contributed by atoms with Crippen LogP contribution in [0.3, 0.4) is 0 Å². The number of ether oxygens (including phenoxy) is 3. The van der Waals surface area contributed by atoms with Crippen LogP contribution in [0.2, 0.25) is 0 Å². The smallest absolute Gasteiger partial charge is 0.161 e. The van der Waals surface area contributed by atoms with Gasteiger partial charge in [0.05, 0.1) is 14.2 Å². The third-order valence-electron chi connectivity index (χ3n) is 3.27. The fourth-order valence-corrected chi connectivity index (χ4v) is 2.34. The predicted molar refractivity (Wildman–Crippen MR) is 65.6 cm³/mol. The Morgan fingerprint density at radius 3 is 2.35 bits per heavy atom. The van der Waals surface area contributed by atoms with Gasteiger partial charge in [0.1, 0.15) is 6.23 Å². The van der Waals surface area contributed by atoms with Crippen molar-refractivity contribution in [2.24, 2.45) is 0 Å². The number of hydrogen-bond donors (Lipinski definition) is 0. The molecule has 0 fully saturated rings. The quantitative estimate of drug-likeness (QED) is 0.802. The molecule has 0 N–H and O–H groups in total. The number of nitrogens with zero attached hydrogens (tertiary/aromatic N) is 1. The summed E-state index contributed by atoms with van der Waals surface area (Å²) >= 11 is 0. The number of likely N-dealkylation sites (N-methyl/N-ethyl adjacent to an activating group) is 1. The van der Waals surface area contributed by atoms with Gasteiger partial charge < -0.3 is 14.2 Å². The molecule has 1 unspecified atom stereocenters. The first-order valence-electron chi connectivity index (χ1n) is 5.69. The Labute approximate surface area is 102 Å². The number of hydrogen-bond acceptors (Lipinski definition) is 4. The Morgan fingerprint density at radius 1 is 1.12 bits per heavy atom. The second-order valence-corrected chi connectivity index (χ2v) is 4.22. The minimum absolute atomic E-state index is 0.00134. The molecule has 17 heavy (non-hydrogen) atoms. The normalized spacial score (nSPS) is 19.9. The van der Waals surface area contributed by atoms with E-state index in [1.54, 1.807) is 21.3 Å². The topological polar surface area (TPSA) is 30.9 Å². The molecule has 1 atom stereocenters. The molecular weight excluding hydrogens is 218 g/mol. The van der Waals surface area contributed by atoms with E-state index in [9.17, 15) is 0 Å². The lowest BCUT2D eigenvalue weighted by Gasteiger charge is -2.33. The zero-order valence-corrected chi connectivity index (χ0v) is 10.8. The van der Waals surface area contributed by atoms with Crippen molar-refractivity contribution < 1.29 is 14.2 Å². The minimum Gasteiger partial charge on any atom is -0.493 e. The van der Waals surface area contributed by atoms with Crippen LogP contribution in [0.1, 0.15) is 17.4 Å². The summed E-state index contributed by atoms with van der Waals surface area (Å²) in [4.78, 5) is 2.19. The third-order valence-corrected chi connectivity index (χ3v) is 3.27. The van der Waals surface area contributed by atoms with Crippen molar-refractivity contribution in [2.75, 3.05) is 34.9 Å². The molecule has 0 saturated heterocycles. The Bertz CT molecular complexity index is 406. The van der Waals surface area contributed by atoms with Gasteiger partial charge in [0, 0.05) is 19.2 Å². The molecule has 2 rings (SSSR count). The molecule has 1 aliphatic heterocycles. The highest BCUT2D eigenvalue weighted by atomic mass is 16.5. The maximum atomic E-state index is 5.53. The molecule has 0 radical (unpaired) electrons. The van der Waals surface area contributed by atoms with E-state index in [2.05, 4.69) is 11.9 Å². The Balaban J connectivity index is 2.48. The summed E-state index contributed by atoms with van der Waals surface area (Å²) < 4.78 is 16.2. The van der Waals surface area contributed by atoms with Crippen LogP contribution in [0.5, 0.6) is 11.5 Å². The number of fused-ring (bicyclic) bond motifs is 1. The van der Waals surface area contributed by atoms with E-state index in [0.29, 0.717) is 0 Å². The van der Waals surface area contributed by atoms with Crippen LogP contribution in [0.15, 0.2) is 12.1 Å². The van der Waals surface area contributed by atoms with Crippen molar-refractivity contribution >= 4 is 0 Å². The van der Waals surface area contributed by atoms with Crippen LogP contribution in [0, 0.1) is 0 Å². The number of benzene rings is 1. The van der Waals surface area contributed by atoms with Crippen molar-refractivity contribution in [3.8, 4) is 11.5 Å². The van der Waals surface area contributed by atoms with Crippen LogP contribution in [0.4, 0.5) is 0 Å². The molecule has 1 aliphatic rings. The van der Waals surface area contributed by atoms with Crippen molar-refractivity contribution in [1.82, 2.24) is 4.90 Å². The van der Waals surface area contributed by atoms with Crippen LogP contribution < -0.4 is 9.47 Å². The summed E-state index contributed by atoms with van der Waals surface area (Å²) in [5.41, 5.74) is 2.44. The summed E-state index contributed by atoms with van der Waals surface area (Å²) in [5, 5.41) is 0. The minimum atomic E-state index is -0.00134. The molecule has 1 heterocycles. The van der Waals surface area contributed by atoms with E-state index in [1.165, 1.54) is 11.1 Å². The highest BCUT2D eigenvalue weighted by molar-refractivity contribution is 5.49. The first-order chi connectivity index (χ1) is 8.21. The van der Waals surface area contributed by atoms with Crippen LogP contribution in [0.25, 0.3) is 0 Å². The summed E-state index contributed by atoms with van der Waals surface area (Å²) in [6.07, 6.45) is 1.00. The van der Waals surface area contributed by atoms with E-state index in [1.807, 2.05) is 12.1 Å². The first kappa shape index (κ1) is 12.2. The van der Waals surface area contributed by atoms with Crippen molar-refractivity contribution in [2.45, 2.75) is 12.6 Å². The highest BCUT2D eigenvalue weighted by Crippen LogP contribution is 2.37. The zero-order valence-electron chi connectivity index (χ0n) is 10.8. The molecule has 0 aromatic heterocycles. The lowest BCUT2D eigenvalue weighted by molar-refractivity contribution is -0.0267. The lowest BCUT2D eigenvalue weighted by atomic mass is 9.97. The van der Waals surface area contributed by atoms with Crippen molar-refractivity contribution in [3.63, 3.8) is 0 Å².